The summed E-state index contributed by atoms with van der Waals surface area (Å²) >= 11 is 14.4. The first kappa shape index (κ1) is 24.1. The highest BCUT2D eigenvalue weighted by Crippen LogP contribution is 2.35. The Hall–Kier alpha value is -2.00. The standard InChI is InChI=1S/C23H25Cl2N3O4S/c1-3-32-18(29)12-28-19-14(4-5-16(24)21(19)33-2)20(30)15-10-17(25)22(27-23(15)28)26-11-13-6-8-31-9-7-13/h4-5,10,13H,3,6-9,11-12H2,1-2H3,(H,26,27). The molecule has 10 heteroatoms. The van der Waals surface area contributed by atoms with Crippen molar-refractivity contribution >= 4 is 68.7 Å². The molecule has 4 rings (SSSR count). The molecule has 176 valence electrons. The summed E-state index contributed by atoms with van der Waals surface area (Å²) in [5.41, 5.74) is 0.709. The molecule has 3 heterocycles. The summed E-state index contributed by atoms with van der Waals surface area (Å²) in [6.07, 6.45) is 3.80. The van der Waals surface area contributed by atoms with E-state index in [1.165, 1.54) is 11.8 Å². The minimum Gasteiger partial charge on any atom is -0.465 e. The molecular weight excluding hydrogens is 485 g/mol. The number of benzene rings is 1. The first-order valence-corrected chi connectivity index (χ1v) is 12.8. The van der Waals surface area contributed by atoms with Crippen LogP contribution in [-0.2, 0) is 20.8 Å². The topological polar surface area (TPSA) is 82.5 Å². The zero-order chi connectivity index (χ0) is 23.5. The molecule has 2 aromatic heterocycles. The van der Waals surface area contributed by atoms with E-state index < -0.39 is 5.97 Å². The lowest BCUT2D eigenvalue weighted by molar-refractivity contribution is -0.143. The molecule has 1 aromatic carbocycles. The predicted octanol–water partition coefficient (Wildman–Crippen LogP) is 4.98. The number of carbonyl (C=O) groups excluding carboxylic acids is 1. The van der Waals surface area contributed by atoms with E-state index in [0.717, 1.165) is 26.1 Å². The summed E-state index contributed by atoms with van der Waals surface area (Å²) in [6, 6.07) is 4.98. The first-order chi connectivity index (χ1) is 15.9. The van der Waals surface area contributed by atoms with Gasteiger partial charge in [-0.05, 0) is 50.1 Å². The number of halogens is 2. The third-order valence-corrected chi connectivity index (χ3v) is 7.29. The second kappa shape index (κ2) is 10.5. The molecule has 0 aliphatic carbocycles. The van der Waals surface area contributed by atoms with Gasteiger partial charge in [-0.3, -0.25) is 9.59 Å². The van der Waals surface area contributed by atoms with Gasteiger partial charge in [0, 0.05) is 25.1 Å². The Morgan fingerprint density at radius 3 is 2.73 bits per heavy atom. The number of nitrogens with zero attached hydrogens (tertiary/aromatic N) is 2. The molecule has 0 atom stereocenters. The molecule has 1 N–H and O–H groups in total. The van der Waals surface area contributed by atoms with Crippen molar-refractivity contribution in [3.63, 3.8) is 0 Å². The molecule has 0 unspecified atom stereocenters. The van der Waals surface area contributed by atoms with Gasteiger partial charge < -0.3 is 19.4 Å². The van der Waals surface area contributed by atoms with Gasteiger partial charge in [0.25, 0.3) is 0 Å². The van der Waals surface area contributed by atoms with E-state index in [9.17, 15) is 9.59 Å². The lowest BCUT2D eigenvalue weighted by atomic mass is 10.0. The summed E-state index contributed by atoms with van der Waals surface area (Å²) in [5.74, 6) is 0.497. The van der Waals surface area contributed by atoms with Crippen LogP contribution in [0.3, 0.4) is 0 Å². The van der Waals surface area contributed by atoms with Crippen molar-refractivity contribution in [2.45, 2.75) is 31.2 Å². The Morgan fingerprint density at radius 2 is 2.03 bits per heavy atom. The number of hydrogen-bond acceptors (Lipinski definition) is 7. The van der Waals surface area contributed by atoms with E-state index in [-0.39, 0.29) is 18.6 Å². The van der Waals surface area contributed by atoms with Crippen molar-refractivity contribution in [3.05, 3.63) is 38.5 Å². The second-order valence-electron chi connectivity index (χ2n) is 7.82. The average Bonchev–Trinajstić information content (AvgIpc) is 2.81. The summed E-state index contributed by atoms with van der Waals surface area (Å²) < 4.78 is 12.3. The zero-order valence-electron chi connectivity index (χ0n) is 18.5. The van der Waals surface area contributed by atoms with Crippen LogP contribution in [0.25, 0.3) is 21.9 Å². The van der Waals surface area contributed by atoms with Gasteiger partial charge in [0.1, 0.15) is 18.0 Å². The molecule has 1 aliphatic rings. The molecule has 0 bridgehead atoms. The number of fused-ring (bicyclic) bond motifs is 2. The van der Waals surface area contributed by atoms with E-state index >= 15 is 0 Å². The number of nitrogens with one attached hydrogen (secondary N) is 1. The van der Waals surface area contributed by atoms with Gasteiger partial charge in [0.15, 0.2) is 5.43 Å². The minimum absolute atomic E-state index is 0.108. The van der Waals surface area contributed by atoms with Gasteiger partial charge in [-0.25, -0.2) is 4.98 Å². The molecular formula is C23H25Cl2N3O4S. The normalized spacial score (nSPS) is 14.7. The highest BCUT2D eigenvalue weighted by Gasteiger charge is 2.21. The highest BCUT2D eigenvalue weighted by molar-refractivity contribution is 7.99. The van der Waals surface area contributed by atoms with Crippen molar-refractivity contribution in [3.8, 4) is 0 Å². The number of carbonyl (C=O) groups is 1. The van der Waals surface area contributed by atoms with E-state index in [0.29, 0.717) is 55.2 Å². The smallest absolute Gasteiger partial charge is 0.326 e. The van der Waals surface area contributed by atoms with Crippen LogP contribution < -0.4 is 10.7 Å². The monoisotopic (exact) mass is 509 g/mol. The minimum atomic E-state index is -0.427. The molecule has 7 nitrogen and oxygen atoms in total. The molecule has 33 heavy (non-hydrogen) atoms. The molecule has 0 saturated carbocycles. The maximum absolute atomic E-state index is 13.4. The van der Waals surface area contributed by atoms with Gasteiger partial charge >= 0.3 is 5.97 Å². The van der Waals surface area contributed by atoms with Crippen LogP contribution >= 0.6 is 35.0 Å². The molecule has 1 aliphatic heterocycles. The fourth-order valence-electron chi connectivity index (χ4n) is 4.10. The quantitative estimate of drug-likeness (QED) is 0.273. The number of rotatable bonds is 7. The number of anilines is 1. The molecule has 0 spiro atoms. The number of hydrogen-bond donors (Lipinski definition) is 1. The Balaban J connectivity index is 1.91. The summed E-state index contributed by atoms with van der Waals surface area (Å²) in [6.45, 7) is 4.08. The van der Waals surface area contributed by atoms with Crippen molar-refractivity contribution in [2.24, 2.45) is 5.92 Å². The van der Waals surface area contributed by atoms with Crippen molar-refractivity contribution in [1.29, 1.82) is 0 Å². The van der Waals surface area contributed by atoms with Crippen LogP contribution in [0.4, 0.5) is 5.82 Å². The summed E-state index contributed by atoms with van der Waals surface area (Å²) in [7, 11) is 0. The molecule has 1 saturated heterocycles. The second-order valence-corrected chi connectivity index (χ2v) is 9.45. The zero-order valence-corrected chi connectivity index (χ0v) is 20.8. The lowest BCUT2D eigenvalue weighted by Gasteiger charge is -2.23. The molecule has 3 aromatic rings. The third kappa shape index (κ3) is 4.94. The largest absolute Gasteiger partial charge is 0.465 e. The van der Waals surface area contributed by atoms with Crippen molar-refractivity contribution in [2.75, 3.05) is 37.9 Å². The third-order valence-electron chi connectivity index (χ3n) is 5.75. The number of thioether (sulfide) groups is 1. The number of pyridine rings is 2. The maximum Gasteiger partial charge on any atom is 0.326 e. The predicted molar refractivity (Wildman–Crippen MR) is 134 cm³/mol. The Morgan fingerprint density at radius 1 is 1.27 bits per heavy atom. The summed E-state index contributed by atoms with van der Waals surface area (Å²) in [5, 5.41) is 4.96. The van der Waals surface area contributed by atoms with Gasteiger partial charge in [-0.15, -0.1) is 11.8 Å². The van der Waals surface area contributed by atoms with E-state index in [1.54, 1.807) is 29.7 Å². The van der Waals surface area contributed by atoms with Gasteiger partial charge in [0.2, 0.25) is 0 Å². The van der Waals surface area contributed by atoms with E-state index in [4.69, 9.17) is 37.7 Å². The molecule has 0 radical (unpaired) electrons. The number of esters is 1. The van der Waals surface area contributed by atoms with Crippen LogP contribution in [0.15, 0.2) is 27.9 Å². The van der Waals surface area contributed by atoms with Crippen molar-refractivity contribution < 1.29 is 14.3 Å². The maximum atomic E-state index is 13.4. The van der Waals surface area contributed by atoms with Crippen LogP contribution in [0.5, 0.6) is 0 Å². The number of ether oxygens (including phenoxy) is 2. The van der Waals surface area contributed by atoms with Crippen molar-refractivity contribution in [1.82, 2.24) is 9.55 Å². The molecule has 1 fully saturated rings. The van der Waals surface area contributed by atoms with Gasteiger partial charge in [0.05, 0.1) is 32.5 Å². The summed E-state index contributed by atoms with van der Waals surface area (Å²) in [4.78, 5) is 31.3. The van der Waals surface area contributed by atoms with Crippen LogP contribution in [0, 0.1) is 5.92 Å². The first-order valence-electron chi connectivity index (χ1n) is 10.8. The van der Waals surface area contributed by atoms with E-state index in [1.807, 2.05) is 6.26 Å². The van der Waals surface area contributed by atoms with Crippen LogP contribution in [0.1, 0.15) is 19.8 Å². The Labute approximate surface area is 205 Å². The average molecular weight is 510 g/mol. The van der Waals surface area contributed by atoms with Crippen LogP contribution in [-0.4, -0.2) is 48.1 Å². The fraction of sp³-hybridized carbons (Fsp3) is 0.435. The van der Waals surface area contributed by atoms with Gasteiger partial charge in [-0.2, -0.15) is 0 Å². The lowest BCUT2D eigenvalue weighted by Crippen LogP contribution is -2.23. The SMILES string of the molecule is CCOC(=O)Cn1c2nc(NCC3CCOCC3)c(Cl)cc2c(=O)c2ccc(Cl)c(SC)c21. The van der Waals surface area contributed by atoms with E-state index in [2.05, 4.69) is 5.32 Å². The number of aromatic nitrogens is 2. The van der Waals surface area contributed by atoms with Crippen LogP contribution in [0.2, 0.25) is 10.0 Å². The van der Waals surface area contributed by atoms with Gasteiger partial charge in [-0.1, -0.05) is 23.2 Å². The highest BCUT2D eigenvalue weighted by atomic mass is 35.5. The molecule has 0 amide bonds. The Bertz CT molecular complexity index is 1260. The Kier molecular flexibility index (Phi) is 7.69. The fourth-order valence-corrected chi connectivity index (χ4v) is 5.38.